The van der Waals surface area contributed by atoms with Crippen LogP contribution in [0.1, 0.15) is 18.9 Å². The third-order valence-electron chi connectivity index (χ3n) is 3.24. The highest BCUT2D eigenvalue weighted by Gasteiger charge is 2.17. The first-order valence-electron chi connectivity index (χ1n) is 5.64. The highest BCUT2D eigenvalue weighted by molar-refractivity contribution is 5.86. The van der Waals surface area contributed by atoms with E-state index in [-0.39, 0.29) is 0 Å². The van der Waals surface area contributed by atoms with Crippen LogP contribution in [-0.4, -0.2) is 27.6 Å². The van der Waals surface area contributed by atoms with Crippen molar-refractivity contribution >= 4 is 16.9 Å². The zero-order valence-electron chi connectivity index (χ0n) is 9.06. The molecule has 0 amide bonds. The van der Waals surface area contributed by atoms with Crippen molar-refractivity contribution in [2.75, 3.05) is 18.8 Å². The molecule has 84 valence electrons. The SMILES string of the molecule is Nc1ncnc2c1ccn2C1CCNCC1. The number of nitrogens with zero attached hydrogens (tertiary/aromatic N) is 3. The minimum atomic E-state index is 0.535. The lowest BCUT2D eigenvalue weighted by Gasteiger charge is -2.24. The summed E-state index contributed by atoms with van der Waals surface area (Å²) in [5, 5.41) is 4.32. The van der Waals surface area contributed by atoms with Gasteiger partial charge in [-0.05, 0) is 32.0 Å². The van der Waals surface area contributed by atoms with Crippen LogP contribution in [0, 0.1) is 0 Å². The number of nitrogens with one attached hydrogen (secondary N) is 1. The first kappa shape index (κ1) is 9.59. The van der Waals surface area contributed by atoms with Gasteiger partial charge in [-0.15, -0.1) is 0 Å². The van der Waals surface area contributed by atoms with Gasteiger partial charge in [-0.2, -0.15) is 0 Å². The predicted molar refractivity (Wildman–Crippen MR) is 63.1 cm³/mol. The lowest BCUT2D eigenvalue weighted by molar-refractivity contribution is 0.375. The predicted octanol–water partition coefficient (Wildman–Crippen LogP) is 0.938. The third-order valence-corrected chi connectivity index (χ3v) is 3.24. The van der Waals surface area contributed by atoms with Crippen molar-refractivity contribution in [1.29, 1.82) is 0 Å². The lowest BCUT2D eigenvalue weighted by Crippen LogP contribution is -2.29. The molecule has 0 aromatic carbocycles. The topological polar surface area (TPSA) is 68.8 Å². The van der Waals surface area contributed by atoms with Crippen LogP contribution >= 0.6 is 0 Å². The molecular weight excluding hydrogens is 202 g/mol. The second kappa shape index (κ2) is 3.75. The van der Waals surface area contributed by atoms with E-state index >= 15 is 0 Å². The quantitative estimate of drug-likeness (QED) is 0.746. The maximum absolute atomic E-state index is 5.82. The van der Waals surface area contributed by atoms with Gasteiger partial charge in [0.25, 0.3) is 0 Å². The van der Waals surface area contributed by atoms with Gasteiger partial charge in [-0.1, -0.05) is 0 Å². The minimum absolute atomic E-state index is 0.535. The lowest BCUT2D eigenvalue weighted by atomic mass is 10.1. The van der Waals surface area contributed by atoms with E-state index in [0.29, 0.717) is 11.9 Å². The summed E-state index contributed by atoms with van der Waals surface area (Å²) in [6.45, 7) is 2.15. The zero-order chi connectivity index (χ0) is 11.0. The van der Waals surface area contributed by atoms with Gasteiger partial charge in [0.2, 0.25) is 0 Å². The molecule has 0 aliphatic carbocycles. The molecule has 16 heavy (non-hydrogen) atoms. The Bertz CT molecular complexity index is 498. The Labute approximate surface area is 93.7 Å². The molecule has 3 rings (SSSR count). The first-order chi connectivity index (χ1) is 7.86. The van der Waals surface area contributed by atoms with Crippen molar-refractivity contribution < 1.29 is 0 Å². The summed E-state index contributed by atoms with van der Waals surface area (Å²) >= 11 is 0. The number of hydrogen-bond donors (Lipinski definition) is 2. The molecular formula is C11H15N5. The molecule has 1 aliphatic rings. The normalized spacial score (nSPS) is 18.0. The van der Waals surface area contributed by atoms with Crippen molar-refractivity contribution in [2.45, 2.75) is 18.9 Å². The number of aromatic nitrogens is 3. The van der Waals surface area contributed by atoms with Crippen molar-refractivity contribution in [2.24, 2.45) is 0 Å². The van der Waals surface area contributed by atoms with Crippen LogP contribution < -0.4 is 11.1 Å². The highest BCUT2D eigenvalue weighted by atomic mass is 15.1. The molecule has 2 aromatic heterocycles. The van der Waals surface area contributed by atoms with E-state index in [1.807, 2.05) is 6.07 Å². The van der Waals surface area contributed by atoms with Gasteiger partial charge < -0.3 is 15.6 Å². The average molecular weight is 217 g/mol. The summed E-state index contributed by atoms with van der Waals surface area (Å²) in [5.74, 6) is 0.567. The number of hydrogen-bond acceptors (Lipinski definition) is 4. The number of fused-ring (bicyclic) bond motifs is 1. The van der Waals surface area contributed by atoms with E-state index in [0.717, 1.165) is 37.0 Å². The second-order valence-electron chi connectivity index (χ2n) is 4.20. The van der Waals surface area contributed by atoms with E-state index in [9.17, 15) is 0 Å². The van der Waals surface area contributed by atoms with E-state index in [2.05, 4.69) is 26.0 Å². The maximum Gasteiger partial charge on any atom is 0.145 e. The third kappa shape index (κ3) is 1.44. The first-order valence-corrected chi connectivity index (χ1v) is 5.64. The highest BCUT2D eigenvalue weighted by Crippen LogP contribution is 2.25. The number of anilines is 1. The molecule has 0 radical (unpaired) electrons. The smallest absolute Gasteiger partial charge is 0.145 e. The Hall–Kier alpha value is -1.62. The van der Waals surface area contributed by atoms with Gasteiger partial charge in [-0.3, -0.25) is 0 Å². The molecule has 5 nitrogen and oxygen atoms in total. The minimum Gasteiger partial charge on any atom is -0.383 e. The standard InChI is InChI=1S/C11H15N5/c12-10-9-3-6-16(11(9)15-7-14-10)8-1-4-13-5-2-8/h3,6-8,13H,1-2,4-5H2,(H2,12,14,15). The Morgan fingerprint density at radius 1 is 1.31 bits per heavy atom. The van der Waals surface area contributed by atoms with Gasteiger partial charge in [0, 0.05) is 12.2 Å². The van der Waals surface area contributed by atoms with Gasteiger partial charge in [0.05, 0.1) is 5.39 Å². The fraction of sp³-hybridized carbons (Fsp3) is 0.455. The van der Waals surface area contributed by atoms with Crippen LogP contribution in [0.3, 0.4) is 0 Å². The van der Waals surface area contributed by atoms with E-state index in [4.69, 9.17) is 5.73 Å². The monoisotopic (exact) mass is 217 g/mol. The number of nitrogen functional groups attached to an aromatic ring is 1. The largest absolute Gasteiger partial charge is 0.383 e. The van der Waals surface area contributed by atoms with E-state index in [1.54, 1.807) is 0 Å². The van der Waals surface area contributed by atoms with Crippen LogP contribution in [0.4, 0.5) is 5.82 Å². The summed E-state index contributed by atoms with van der Waals surface area (Å²) in [7, 11) is 0. The number of piperidine rings is 1. The van der Waals surface area contributed by atoms with Gasteiger partial charge >= 0.3 is 0 Å². The molecule has 1 saturated heterocycles. The van der Waals surface area contributed by atoms with E-state index < -0.39 is 0 Å². The Kier molecular flexibility index (Phi) is 2.25. The van der Waals surface area contributed by atoms with Crippen molar-refractivity contribution in [3.8, 4) is 0 Å². The van der Waals surface area contributed by atoms with E-state index in [1.165, 1.54) is 6.33 Å². The molecule has 0 bridgehead atoms. The van der Waals surface area contributed by atoms with Crippen LogP contribution in [0.5, 0.6) is 0 Å². The Morgan fingerprint density at radius 3 is 2.94 bits per heavy atom. The molecule has 1 fully saturated rings. The fourth-order valence-corrected chi connectivity index (χ4v) is 2.37. The zero-order valence-corrected chi connectivity index (χ0v) is 9.06. The molecule has 0 spiro atoms. The summed E-state index contributed by atoms with van der Waals surface area (Å²) in [6, 6.07) is 2.54. The van der Waals surface area contributed by atoms with Gasteiger partial charge in [-0.25, -0.2) is 9.97 Å². The number of rotatable bonds is 1. The molecule has 0 unspecified atom stereocenters. The number of nitrogens with two attached hydrogens (primary N) is 1. The van der Waals surface area contributed by atoms with Crippen molar-refractivity contribution in [3.63, 3.8) is 0 Å². The van der Waals surface area contributed by atoms with Crippen LogP contribution in [0.25, 0.3) is 11.0 Å². The summed E-state index contributed by atoms with van der Waals surface area (Å²) < 4.78 is 2.23. The molecule has 0 atom stereocenters. The average Bonchev–Trinajstić information content (AvgIpc) is 2.75. The van der Waals surface area contributed by atoms with Crippen molar-refractivity contribution in [3.05, 3.63) is 18.6 Å². The molecule has 2 aromatic rings. The molecule has 5 heteroatoms. The van der Waals surface area contributed by atoms with Crippen molar-refractivity contribution in [1.82, 2.24) is 19.9 Å². The maximum atomic E-state index is 5.82. The molecule has 3 heterocycles. The summed E-state index contributed by atoms with van der Waals surface area (Å²) in [5.41, 5.74) is 6.78. The Morgan fingerprint density at radius 2 is 2.12 bits per heavy atom. The van der Waals surface area contributed by atoms with Gasteiger partial charge in [0.1, 0.15) is 17.8 Å². The van der Waals surface area contributed by atoms with Crippen LogP contribution in [-0.2, 0) is 0 Å². The van der Waals surface area contributed by atoms with Crippen LogP contribution in [0.15, 0.2) is 18.6 Å². The molecule has 0 saturated carbocycles. The van der Waals surface area contributed by atoms with Gasteiger partial charge in [0.15, 0.2) is 0 Å². The molecule has 3 N–H and O–H groups in total. The summed E-state index contributed by atoms with van der Waals surface area (Å²) in [6.07, 6.45) is 5.91. The molecule has 1 aliphatic heterocycles. The van der Waals surface area contributed by atoms with Crippen LogP contribution in [0.2, 0.25) is 0 Å². The second-order valence-corrected chi connectivity index (χ2v) is 4.20. The fourth-order valence-electron chi connectivity index (χ4n) is 2.37. The Balaban J connectivity index is 2.06. The summed E-state index contributed by atoms with van der Waals surface area (Å²) in [4.78, 5) is 8.34.